The van der Waals surface area contributed by atoms with Crippen LogP contribution in [0, 0.1) is 0 Å². The maximum Gasteiger partial charge on any atom is 0.170 e. The summed E-state index contributed by atoms with van der Waals surface area (Å²) in [6.07, 6.45) is 2.61. The molecule has 0 unspecified atom stereocenters. The number of nitrogens with zero attached hydrogens (tertiary/aromatic N) is 2. The highest BCUT2D eigenvalue weighted by molar-refractivity contribution is 5.83. The van der Waals surface area contributed by atoms with Gasteiger partial charge in [-0.05, 0) is 24.3 Å². The maximum atomic E-state index is 11.1. The van der Waals surface area contributed by atoms with Crippen LogP contribution in [0.1, 0.15) is 16.3 Å². The minimum absolute atomic E-state index is 0.249. The summed E-state index contributed by atoms with van der Waals surface area (Å²) in [5, 5.41) is 0. The second-order valence-corrected chi connectivity index (χ2v) is 4.43. The van der Waals surface area contributed by atoms with E-state index in [9.17, 15) is 4.79 Å². The van der Waals surface area contributed by atoms with Crippen LogP contribution in [0.5, 0.6) is 11.5 Å². The van der Waals surface area contributed by atoms with E-state index < -0.39 is 0 Å². The molecule has 0 fully saturated rings. The molecule has 5 heteroatoms. The van der Waals surface area contributed by atoms with Gasteiger partial charge in [0.1, 0.15) is 12.3 Å². The van der Waals surface area contributed by atoms with E-state index in [0.29, 0.717) is 23.0 Å². The number of rotatable bonds is 5. The van der Waals surface area contributed by atoms with Gasteiger partial charge in [0.05, 0.1) is 12.6 Å². The van der Waals surface area contributed by atoms with Gasteiger partial charge in [-0.25, -0.2) is 4.98 Å². The summed E-state index contributed by atoms with van der Waals surface area (Å²) in [6, 6.07) is 13.0. The number of para-hydroxylation sites is 2. The molecule has 0 atom stereocenters. The van der Waals surface area contributed by atoms with Crippen molar-refractivity contribution in [3.05, 3.63) is 60.2 Å². The third kappa shape index (κ3) is 2.45. The molecule has 2 aromatic heterocycles. The molecule has 5 nitrogen and oxygen atoms in total. The van der Waals surface area contributed by atoms with Crippen LogP contribution in [-0.4, -0.2) is 22.8 Å². The van der Waals surface area contributed by atoms with Crippen molar-refractivity contribution in [3.8, 4) is 11.5 Å². The van der Waals surface area contributed by atoms with Crippen molar-refractivity contribution in [1.82, 2.24) is 9.38 Å². The molecule has 0 saturated heterocycles. The lowest BCUT2D eigenvalue weighted by molar-refractivity contribution is 0.112. The van der Waals surface area contributed by atoms with Crippen LogP contribution < -0.4 is 9.47 Å². The van der Waals surface area contributed by atoms with Crippen molar-refractivity contribution >= 4 is 11.8 Å². The lowest BCUT2D eigenvalue weighted by Gasteiger charge is -2.09. The Balaban J connectivity index is 1.90. The highest BCUT2D eigenvalue weighted by Crippen LogP contribution is 2.26. The van der Waals surface area contributed by atoms with Gasteiger partial charge in [0.15, 0.2) is 23.6 Å². The van der Waals surface area contributed by atoms with Gasteiger partial charge in [0, 0.05) is 6.20 Å². The number of ether oxygens (including phenoxy) is 2. The largest absolute Gasteiger partial charge is 0.493 e. The van der Waals surface area contributed by atoms with Gasteiger partial charge in [-0.15, -0.1) is 0 Å². The van der Waals surface area contributed by atoms with Gasteiger partial charge in [-0.1, -0.05) is 18.2 Å². The standard InChI is InChI=1S/C16H14N2O3/c1-20-14-7-2-3-8-15(14)21-11-16-17-12(10-19)13-6-4-5-9-18(13)16/h2-10H,11H2,1H3. The second-order valence-electron chi connectivity index (χ2n) is 4.43. The number of imidazole rings is 1. The third-order valence-electron chi connectivity index (χ3n) is 3.19. The van der Waals surface area contributed by atoms with Crippen LogP contribution in [0.4, 0.5) is 0 Å². The molecule has 0 aliphatic heterocycles. The number of methoxy groups -OCH3 is 1. The molecule has 0 radical (unpaired) electrons. The fraction of sp³-hybridized carbons (Fsp3) is 0.125. The van der Waals surface area contributed by atoms with Gasteiger partial charge in [0.2, 0.25) is 0 Å². The minimum atomic E-state index is 0.249. The molecular weight excluding hydrogens is 268 g/mol. The Bertz CT molecular complexity index is 780. The predicted octanol–water partition coefficient (Wildman–Crippen LogP) is 2.73. The molecule has 2 heterocycles. The Kier molecular flexibility index (Phi) is 3.55. The average Bonchev–Trinajstić information content (AvgIpc) is 2.91. The topological polar surface area (TPSA) is 52.8 Å². The zero-order valence-corrected chi connectivity index (χ0v) is 11.5. The summed E-state index contributed by atoms with van der Waals surface area (Å²) >= 11 is 0. The number of carbonyl (C=O) groups is 1. The molecule has 106 valence electrons. The first-order valence-electron chi connectivity index (χ1n) is 6.50. The minimum Gasteiger partial charge on any atom is -0.493 e. The number of benzene rings is 1. The molecule has 1 aromatic carbocycles. The number of aldehydes is 1. The number of carbonyl (C=O) groups excluding carboxylic acids is 1. The average molecular weight is 282 g/mol. The number of fused-ring (bicyclic) bond motifs is 1. The fourth-order valence-electron chi connectivity index (χ4n) is 2.20. The Labute approximate surface area is 121 Å². The zero-order chi connectivity index (χ0) is 14.7. The van der Waals surface area contributed by atoms with E-state index in [2.05, 4.69) is 4.98 Å². The van der Waals surface area contributed by atoms with E-state index in [1.54, 1.807) is 7.11 Å². The van der Waals surface area contributed by atoms with Crippen molar-refractivity contribution in [2.45, 2.75) is 6.61 Å². The van der Waals surface area contributed by atoms with Gasteiger partial charge < -0.3 is 13.9 Å². The van der Waals surface area contributed by atoms with E-state index in [0.717, 1.165) is 11.8 Å². The summed E-state index contributed by atoms with van der Waals surface area (Å²) in [4.78, 5) is 15.4. The zero-order valence-electron chi connectivity index (χ0n) is 11.5. The molecule has 3 aromatic rings. The fourth-order valence-corrected chi connectivity index (χ4v) is 2.20. The van der Waals surface area contributed by atoms with Crippen LogP contribution >= 0.6 is 0 Å². The molecule has 0 aliphatic rings. The quantitative estimate of drug-likeness (QED) is 0.675. The Morgan fingerprint density at radius 3 is 2.67 bits per heavy atom. The molecule has 0 amide bonds. The molecule has 0 aliphatic carbocycles. The normalized spacial score (nSPS) is 10.5. The first-order valence-corrected chi connectivity index (χ1v) is 6.50. The number of hydrogen-bond acceptors (Lipinski definition) is 4. The van der Waals surface area contributed by atoms with Crippen LogP contribution in [-0.2, 0) is 6.61 Å². The van der Waals surface area contributed by atoms with Crippen LogP contribution in [0.25, 0.3) is 5.52 Å². The number of pyridine rings is 1. The molecule has 21 heavy (non-hydrogen) atoms. The Hall–Kier alpha value is -2.82. The van der Waals surface area contributed by atoms with Crippen molar-refractivity contribution < 1.29 is 14.3 Å². The molecule has 0 bridgehead atoms. The monoisotopic (exact) mass is 282 g/mol. The van der Waals surface area contributed by atoms with Crippen LogP contribution in [0.15, 0.2) is 48.7 Å². The van der Waals surface area contributed by atoms with E-state index >= 15 is 0 Å². The highest BCUT2D eigenvalue weighted by atomic mass is 16.5. The van der Waals surface area contributed by atoms with E-state index in [1.165, 1.54) is 0 Å². The summed E-state index contributed by atoms with van der Waals surface area (Å²) in [5.41, 5.74) is 1.18. The SMILES string of the molecule is COc1ccccc1OCc1nc(C=O)c2ccccn12. The maximum absolute atomic E-state index is 11.1. The molecular formula is C16H14N2O3. The van der Waals surface area contributed by atoms with Crippen molar-refractivity contribution in [3.63, 3.8) is 0 Å². The molecule has 3 rings (SSSR count). The first-order chi connectivity index (χ1) is 10.3. The Morgan fingerprint density at radius 1 is 1.14 bits per heavy atom. The van der Waals surface area contributed by atoms with E-state index in [1.807, 2.05) is 53.1 Å². The van der Waals surface area contributed by atoms with E-state index in [-0.39, 0.29) is 6.61 Å². The van der Waals surface area contributed by atoms with Crippen molar-refractivity contribution in [2.75, 3.05) is 7.11 Å². The summed E-state index contributed by atoms with van der Waals surface area (Å²) in [7, 11) is 1.59. The molecule has 0 N–H and O–H groups in total. The predicted molar refractivity (Wildman–Crippen MR) is 77.9 cm³/mol. The number of aromatic nitrogens is 2. The van der Waals surface area contributed by atoms with Gasteiger partial charge >= 0.3 is 0 Å². The second kappa shape index (κ2) is 5.66. The highest BCUT2D eigenvalue weighted by Gasteiger charge is 2.11. The van der Waals surface area contributed by atoms with Crippen molar-refractivity contribution in [1.29, 1.82) is 0 Å². The van der Waals surface area contributed by atoms with Crippen LogP contribution in [0.3, 0.4) is 0 Å². The van der Waals surface area contributed by atoms with Gasteiger partial charge in [-0.3, -0.25) is 4.79 Å². The molecule has 0 spiro atoms. The lowest BCUT2D eigenvalue weighted by Crippen LogP contribution is -2.02. The summed E-state index contributed by atoms with van der Waals surface area (Å²) in [6.45, 7) is 0.249. The Morgan fingerprint density at radius 2 is 1.90 bits per heavy atom. The van der Waals surface area contributed by atoms with Crippen LogP contribution in [0.2, 0.25) is 0 Å². The smallest absolute Gasteiger partial charge is 0.170 e. The van der Waals surface area contributed by atoms with E-state index in [4.69, 9.17) is 9.47 Å². The summed E-state index contributed by atoms with van der Waals surface area (Å²) < 4.78 is 12.8. The van der Waals surface area contributed by atoms with Gasteiger partial charge in [-0.2, -0.15) is 0 Å². The summed E-state index contributed by atoms with van der Waals surface area (Å²) in [5.74, 6) is 1.97. The van der Waals surface area contributed by atoms with Crippen molar-refractivity contribution in [2.24, 2.45) is 0 Å². The number of hydrogen-bond donors (Lipinski definition) is 0. The first kappa shape index (κ1) is 13.2. The van der Waals surface area contributed by atoms with Gasteiger partial charge in [0.25, 0.3) is 0 Å². The molecule has 0 saturated carbocycles. The third-order valence-corrected chi connectivity index (χ3v) is 3.19. The lowest BCUT2D eigenvalue weighted by atomic mass is 10.3.